The molecule has 33 heavy (non-hydrogen) atoms. The minimum atomic E-state index is -0.232. The molecule has 0 aromatic heterocycles. The van der Waals surface area contributed by atoms with E-state index in [1.165, 1.54) is 17.7 Å². The second-order valence-electron chi connectivity index (χ2n) is 8.32. The van der Waals surface area contributed by atoms with E-state index in [1.807, 2.05) is 49.4 Å². The molecule has 0 radical (unpaired) electrons. The number of rotatable bonds is 6. The van der Waals surface area contributed by atoms with E-state index in [9.17, 15) is 4.39 Å². The van der Waals surface area contributed by atoms with Gasteiger partial charge in [0, 0.05) is 36.7 Å². The molecular weight excluding hydrogens is 417 g/mol. The minimum absolute atomic E-state index is 0.0278. The second-order valence-corrected chi connectivity index (χ2v) is 8.32. The Hall–Kier alpha value is -3.15. The van der Waals surface area contributed by atoms with Crippen molar-refractivity contribution >= 4 is 5.76 Å². The molecule has 0 saturated carbocycles. The first-order chi connectivity index (χ1) is 16.2. The van der Waals surface area contributed by atoms with Crippen LogP contribution in [0, 0.1) is 5.82 Å². The Balaban J connectivity index is 1.64. The van der Waals surface area contributed by atoms with Gasteiger partial charge >= 0.3 is 0 Å². The molecule has 4 nitrogen and oxygen atoms in total. The van der Waals surface area contributed by atoms with Crippen molar-refractivity contribution in [3.63, 3.8) is 0 Å². The first kappa shape index (κ1) is 21.7. The second kappa shape index (κ2) is 9.77. The van der Waals surface area contributed by atoms with E-state index in [0.29, 0.717) is 6.61 Å². The Labute approximate surface area is 194 Å². The third kappa shape index (κ3) is 4.65. The van der Waals surface area contributed by atoms with Crippen molar-refractivity contribution in [1.29, 1.82) is 0 Å². The van der Waals surface area contributed by atoms with Gasteiger partial charge in [0.1, 0.15) is 23.1 Å². The summed E-state index contributed by atoms with van der Waals surface area (Å²) in [6.07, 6.45) is 0. The quantitative estimate of drug-likeness (QED) is 0.502. The molecule has 2 aliphatic heterocycles. The molecule has 170 valence electrons. The number of hydrogen-bond donors (Lipinski definition) is 0. The lowest BCUT2D eigenvalue weighted by molar-refractivity contribution is 0.0416. The van der Waals surface area contributed by atoms with E-state index in [0.717, 1.165) is 66.8 Å². The summed E-state index contributed by atoms with van der Waals surface area (Å²) >= 11 is 0. The summed E-state index contributed by atoms with van der Waals surface area (Å²) in [5.41, 5.74) is 4.33. The average Bonchev–Trinajstić information content (AvgIpc) is 2.86. The highest BCUT2D eigenvalue weighted by molar-refractivity contribution is 5.73. The van der Waals surface area contributed by atoms with Crippen molar-refractivity contribution in [2.75, 3.05) is 39.5 Å². The van der Waals surface area contributed by atoms with Crippen molar-refractivity contribution < 1.29 is 18.6 Å². The zero-order valence-electron chi connectivity index (χ0n) is 18.8. The zero-order chi connectivity index (χ0) is 22.6. The SMILES string of the molecule is CCOc1ccc(C2=C(CN3CCOCC3)C(c3ccc(F)cc3)c3ccccc3O2)cc1. The number of fused-ring (bicyclic) bond motifs is 1. The molecule has 0 spiro atoms. The molecule has 0 amide bonds. The van der Waals surface area contributed by atoms with Gasteiger partial charge in [-0.2, -0.15) is 0 Å². The van der Waals surface area contributed by atoms with Gasteiger partial charge in [-0.25, -0.2) is 4.39 Å². The zero-order valence-corrected chi connectivity index (χ0v) is 18.8. The third-order valence-corrected chi connectivity index (χ3v) is 6.21. The van der Waals surface area contributed by atoms with E-state index in [4.69, 9.17) is 14.2 Å². The Morgan fingerprint density at radius 1 is 0.939 bits per heavy atom. The lowest BCUT2D eigenvalue weighted by Gasteiger charge is -2.35. The highest BCUT2D eigenvalue weighted by atomic mass is 19.1. The Morgan fingerprint density at radius 3 is 2.39 bits per heavy atom. The lowest BCUT2D eigenvalue weighted by atomic mass is 9.81. The van der Waals surface area contributed by atoms with Crippen molar-refractivity contribution in [2.45, 2.75) is 12.8 Å². The maximum atomic E-state index is 13.8. The molecule has 5 rings (SSSR count). The van der Waals surface area contributed by atoms with Gasteiger partial charge in [0.05, 0.1) is 19.8 Å². The number of hydrogen-bond acceptors (Lipinski definition) is 4. The van der Waals surface area contributed by atoms with Crippen molar-refractivity contribution in [3.8, 4) is 11.5 Å². The molecule has 1 saturated heterocycles. The fourth-order valence-corrected chi connectivity index (χ4v) is 4.62. The smallest absolute Gasteiger partial charge is 0.136 e. The largest absolute Gasteiger partial charge is 0.494 e. The van der Waals surface area contributed by atoms with E-state index >= 15 is 0 Å². The first-order valence-electron chi connectivity index (χ1n) is 11.5. The van der Waals surface area contributed by atoms with Gasteiger partial charge in [-0.3, -0.25) is 4.90 Å². The summed E-state index contributed by atoms with van der Waals surface area (Å²) in [6.45, 7) is 6.55. The summed E-state index contributed by atoms with van der Waals surface area (Å²) in [5.74, 6) is 2.27. The van der Waals surface area contributed by atoms with E-state index < -0.39 is 0 Å². The van der Waals surface area contributed by atoms with Crippen LogP contribution in [0.15, 0.2) is 78.4 Å². The van der Waals surface area contributed by atoms with Crippen LogP contribution in [0.4, 0.5) is 4.39 Å². The number of morpholine rings is 1. The van der Waals surface area contributed by atoms with Crippen LogP contribution in [-0.2, 0) is 4.74 Å². The van der Waals surface area contributed by atoms with Crippen LogP contribution in [0.5, 0.6) is 11.5 Å². The fourth-order valence-electron chi connectivity index (χ4n) is 4.62. The molecule has 5 heteroatoms. The molecule has 1 unspecified atom stereocenters. The standard InChI is InChI=1S/C28H28FNO3/c1-2-32-23-13-9-21(10-14-23)28-25(19-30-15-17-31-18-16-30)27(20-7-11-22(29)12-8-20)24-5-3-4-6-26(24)33-28/h3-14,27H,2,15-19H2,1H3. The van der Waals surface area contributed by atoms with Crippen LogP contribution in [0.25, 0.3) is 5.76 Å². The van der Waals surface area contributed by atoms with Crippen molar-refractivity contribution in [2.24, 2.45) is 0 Å². The third-order valence-electron chi connectivity index (χ3n) is 6.21. The number of para-hydroxylation sites is 1. The molecular formula is C28H28FNO3. The lowest BCUT2D eigenvalue weighted by Crippen LogP contribution is -2.39. The van der Waals surface area contributed by atoms with Gasteiger partial charge in [-0.1, -0.05) is 30.3 Å². The van der Waals surface area contributed by atoms with Crippen molar-refractivity contribution in [1.82, 2.24) is 4.90 Å². The van der Waals surface area contributed by atoms with Gasteiger partial charge in [-0.15, -0.1) is 0 Å². The molecule has 0 bridgehead atoms. The number of nitrogens with zero attached hydrogens (tertiary/aromatic N) is 1. The first-order valence-corrected chi connectivity index (χ1v) is 11.5. The molecule has 0 N–H and O–H groups in total. The number of benzene rings is 3. The van der Waals surface area contributed by atoms with Crippen LogP contribution in [-0.4, -0.2) is 44.4 Å². The van der Waals surface area contributed by atoms with E-state index in [1.54, 1.807) is 0 Å². The maximum Gasteiger partial charge on any atom is 0.136 e. The van der Waals surface area contributed by atoms with Crippen LogP contribution in [0.3, 0.4) is 0 Å². The van der Waals surface area contributed by atoms with Crippen LogP contribution in [0.2, 0.25) is 0 Å². The van der Waals surface area contributed by atoms with E-state index in [-0.39, 0.29) is 11.7 Å². The highest BCUT2D eigenvalue weighted by Crippen LogP contribution is 2.46. The van der Waals surface area contributed by atoms with Crippen molar-refractivity contribution in [3.05, 3.63) is 101 Å². The van der Waals surface area contributed by atoms with Gasteiger partial charge in [-0.05, 0) is 60.5 Å². The molecule has 3 aromatic carbocycles. The molecule has 1 fully saturated rings. The van der Waals surface area contributed by atoms with Gasteiger partial charge in [0.25, 0.3) is 0 Å². The highest BCUT2D eigenvalue weighted by Gasteiger charge is 2.33. The molecule has 3 aromatic rings. The summed E-state index contributed by atoms with van der Waals surface area (Å²) in [6, 6.07) is 23.1. The predicted molar refractivity (Wildman–Crippen MR) is 127 cm³/mol. The minimum Gasteiger partial charge on any atom is -0.494 e. The van der Waals surface area contributed by atoms with Crippen LogP contribution >= 0.6 is 0 Å². The maximum absolute atomic E-state index is 13.8. The normalized spacial score (nSPS) is 18.5. The van der Waals surface area contributed by atoms with E-state index in [2.05, 4.69) is 23.1 Å². The Kier molecular flexibility index (Phi) is 6.42. The molecule has 0 aliphatic carbocycles. The monoisotopic (exact) mass is 445 g/mol. The van der Waals surface area contributed by atoms with Gasteiger partial charge in [0.2, 0.25) is 0 Å². The van der Waals surface area contributed by atoms with Crippen LogP contribution in [0.1, 0.15) is 29.5 Å². The summed E-state index contributed by atoms with van der Waals surface area (Å²) in [5, 5.41) is 0. The summed E-state index contributed by atoms with van der Waals surface area (Å²) in [7, 11) is 0. The number of halogens is 1. The fraction of sp³-hybridized carbons (Fsp3) is 0.286. The predicted octanol–water partition coefficient (Wildman–Crippen LogP) is 5.49. The molecule has 1 atom stereocenters. The number of ether oxygens (including phenoxy) is 3. The Bertz CT molecular complexity index is 1120. The van der Waals surface area contributed by atoms with Gasteiger partial charge in [0.15, 0.2) is 0 Å². The Morgan fingerprint density at radius 2 is 1.67 bits per heavy atom. The molecule has 2 aliphatic rings. The van der Waals surface area contributed by atoms with Crippen LogP contribution < -0.4 is 9.47 Å². The summed E-state index contributed by atoms with van der Waals surface area (Å²) < 4.78 is 31.6. The van der Waals surface area contributed by atoms with Gasteiger partial charge < -0.3 is 14.2 Å². The average molecular weight is 446 g/mol. The summed E-state index contributed by atoms with van der Waals surface area (Å²) in [4.78, 5) is 2.40. The topological polar surface area (TPSA) is 30.9 Å². The molecule has 2 heterocycles.